The van der Waals surface area contributed by atoms with Crippen LogP contribution < -0.4 is 15.0 Å². The number of nitrogens with one attached hydrogen (secondary N) is 1. The molecule has 176 valence electrons. The number of nitrogens with zero attached hydrogens (tertiary/aromatic N) is 5. The average Bonchev–Trinajstić information content (AvgIpc) is 3.11. The molecular weight excluding hydrogens is 519 g/mol. The van der Waals surface area contributed by atoms with Crippen molar-refractivity contribution in [3.8, 4) is 5.75 Å². The van der Waals surface area contributed by atoms with E-state index in [-0.39, 0.29) is 36.5 Å². The van der Waals surface area contributed by atoms with E-state index in [2.05, 4.69) is 42.3 Å². The Morgan fingerprint density at radius 1 is 1.34 bits per heavy atom. The van der Waals surface area contributed by atoms with Gasteiger partial charge in [-0.25, -0.2) is 0 Å². The van der Waals surface area contributed by atoms with Crippen molar-refractivity contribution in [1.29, 1.82) is 0 Å². The number of amides is 1. The SMILES string of the molecule is CCNC(=NCCCN1C(=O)COc2ccccc21)N(C)Cc1cn(C)nc1C(C)C.I. The van der Waals surface area contributed by atoms with Crippen molar-refractivity contribution in [2.75, 3.05) is 38.2 Å². The minimum atomic E-state index is -0.00973. The van der Waals surface area contributed by atoms with E-state index in [1.54, 1.807) is 4.90 Å². The van der Waals surface area contributed by atoms with Gasteiger partial charge in [0.15, 0.2) is 12.6 Å². The molecule has 0 bridgehead atoms. The predicted molar refractivity (Wildman–Crippen MR) is 139 cm³/mol. The Bertz CT molecular complexity index is 927. The molecule has 0 spiro atoms. The number of carbonyl (C=O) groups excluding carboxylic acids is 1. The van der Waals surface area contributed by atoms with Crippen LogP contribution in [-0.4, -0.2) is 59.8 Å². The van der Waals surface area contributed by atoms with Crippen molar-refractivity contribution in [2.24, 2.45) is 12.0 Å². The maximum atomic E-state index is 12.3. The Hall–Kier alpha value is -2.30. The number of hydrogen-bond donors (Lipinski definition) is 1. The van der Waals surface area contributed by atoms with E-state index in [1.165, 1.54) is 5.56 Å². The molecule has 1 aromatic heterocycles. The standard InChI is InChI=1S/C23H34N6O2.HI/c1-6-24-23(27(4)14-18-15-28(5)26-22(18)17(2)3)25-12-9-13-29-19-10-7-8-11-20(19)31-16-21(29)30;/h7-8,10-11,15,17H,6,9,12-14,16H2,1-5H3,(H,24,25);1H. The van der Waals surface area contributed by atoms with Gasteiger partial charge in [-0.15, -0.1) is 24.0 Å². The van der Waals surface area contributed by atoms with Crippen molar-refractivity contribution < 1.29 is 9.53 Å². The molecule has 8 nitrogen and oxygen atoms in total. The molecular formula is C23H35IN6O2. The molecule has 1 aliphatic rings. The Morgan fingerprint density at radius 2 is 2.09 bits per heavy atom. The van der Waals surface area contributed by atoms with Crippen LogP contribution in [0.2, 0.25) is 0 Å². The van der Waals surface area contributed by atoms with Gasteiger partial charge < -0.3 is 19.9 Å². The molecule has 2 aromatic rings. The quantitative estimate of drug-likeness (QED) is 0.235. The third-order valence-corrected chi connectivity index (χ3v) is 5.20. The van der Waals surface area contributed by atoms with Crippen LogP contribution in [0.4, 0.5) is 5.69 Å². The zero-order valence-electron chi connectivity index (χ0n) is 19.7. The fourth-order valence-corrected chi connectivity index (χ4v) is 3.78. The Labute approximate surface area is 208 Å². The Kier molecular flexibility index (Phi) is 9.80. The lowest BCUT2D eigenvalue weighted by Gasteiger charge is -2.29. The molecule has 0 fully saturated rings. The first-order valence-electron chi connectivity index (χ1n) is 10.9. The molecule has 1 amide bonds. The third-order valence-electron chi connectivity index (χ3n) is 5.20. The van der Waals surface area contributed by atoms with Gasteiger partial charge in [-0.2, -0.15) is 5.10 Å². The number of aliphatic imine (C=N–C) groups is 1. The first kappa shape index (κ1) is 26.0. The number of anilines is 1. The fraction of sp³-hybridized carbons (Fsp3) is 0.522. The summed E-state index contributed by atoms with van der Waals surface area (Å²) < 4.78 is 7.39. The van der Waals surface area contributed by atoms with Gasteiger partial charge in [0.2, 0.25) is 0 Å². The highest BCUT2D eigenvalue weighted by Gasteiger charge is 2.24. The van der Waals surface area contributed by atoms with E-state index < -0.39 is 0 Å². The summed E-state index contributed by atoms with van der Waals surface area (Å²) in [7, 11) is 4.00. The minimum absolute atomic E-state index is 0. The molecule has 0 atom stereocenters. The van der Waals surface area contributed by atoms with Gasteiger partial charge in [-0.05, 0) is 31.4 Å². The lowest BCUT2D eigenvalue weighted by atomic mass is 10.1. The van der Waals surface area contributed by atoms with Crippen molar-refractivity contribution in [3.05, 3.63) is 41.7 Å². The molecule has 0 saturated heterocycles. The number of hydrogen-bond acceptors (Lipinski definition) is 4. The molecule has 3 rings (SSSR count). The van der Waals surface area contributed by atoms with Crippen LogP contribution in [0.1, 0.15) is 44.4 Å². The van der Waals surface area contributed by atoms with Crippen LogP contribution in [0.25, 0.3) is 0 Å². The predicted octanol–water partition coefficient (Wildman–Crippen LogP) is 3.37. The highest BCUT2D eigenvalue weighted by molar-refractivity contribution is 14.0. The molecule has 32 heavy (non-hydrogen) atoms. The number of guanidine groups is 1. The van der Waals surface area contributed by atoms with Crippen LogP contribution >= 0.6 is 24.0 Å². The zero-order valence-corrected chi connectivity index (χ0v) is 22.0. The summed E-state index contributed by atoms with van der Waals surface area (Å²) in [6.45, 7) is 9.26. The van der Waals surface area contributed by atoms with E-state index in [4.69, 9.17) is 9.73 Å². The number of rotatable bonds is 8. The topological polar surface area (TPSA) is 75.0 Å². The molecule has 0 saturated carbocycles. The van der Waals surface area contributed by atoms with Crippen molar-refractivity contribution in [1.82, 2.24) is 20.0 Å². The second-order valence-corrected chi connectivity index (χ2v) is 8.11. The van der Waals surface area contributed by atoms with Crippen molar-refractivity contribution in [2.45, 2.75) is 39.7 Å². The monoisotopic (exact) mass is 554 g/mol. The van der Waals surface area contributed by atoms with Gasteiger partial charge in [-0.3, -0.25) is 14.5 Å². The average molecular weight is 554 g/mol. The first-order chi connectivity index (χ1) is 14.9. The fourth-order valence-electron chi connectivity index (χ4n) is 3.78. The van der Waals surface area contributed by atoms with Gasteiger partial charge in [-0.1, -0.05) is 26.0 Å². The maximum absolute atomic E-state index is 12.3. The summed E-state index contributed by atoms with van der Waals surface area (Å²) in [4.78, 5) is 21.0. The highest BCUT2D eigenvalue weighted by atomic mass is 127. The normalized spacial score (nSPS) is 13.5. The number of fused-ring (bicyclic) bond motifs is 1. The van der Waals surface area contributed by atoms with Crippen LogP contribution in [0.15, 0.2) is 35.5 Å². The van der Waals surface area contributed by atoms with Gasteiger partial charge in [0.25, 0.3) is 5.91 Å². The first-order valence-corrected chi connectivity index (χ1v) is 10.9. The van der Waals surface area contributed by atoms with E-state index >= 15 is 0 Å². The van der Waals surface area contributed by atoms with E-state index in [1.807, 2.05) is 43.0 Å². The molecule has 0 radical (unpaired) electrons. The Balaban J connectivity index is 0.00000363. The number of ether oxygens (including phenoxy) is 1. The van der Waals surface area contributed by atoms with Gasteiger partial charge in [0.05, 0.1) is 11.4 Å². The number of benzene rings is 1. The summed E-state index contributed by atoms with van der Waals surface area (Å²) in [5.74, 6) is 1.98. The van der Waals surface area contributed by atoms with E-state index in [9.17, 15) is 4.79 Å². The lowest BCUT2D eigenvalue weighted by molar-refractivity contribution is -0.121. The van der Waals surface area contributed by atoms with Gasteiger partial charge in [0, 0.05) is 52.0 Å². The largest absolute Gasteiger partial charge is 0.482 e. The maximum Gasteiger partial charge on any atom is 0.265 e. The molecule has 1 aliphatic heterocycles. The number of halogens is 1. The Morgan fingerprint density at radius 3 is 2.81 bits per heavy atom. The summed E-state index contributed by atoms with van der Waals surface area (Å²) in [5.41, 5.74) is 3.17. The van der Waals surface area contributed by atoms with Gasteiger partial charge >= 0.3 is 0 Å². The van der Waals surface area contributed by atoms with E-state index in [0.717, 1.165) is 42.6 Å². The summed E-state index contributed by atoms with van der Waals surface area (Å²) >= 11 is 0. The molecule has 0 unspecified atom stereocenters. The molecule has 9 heteroatoms. The molecule has 1 aromatic carbocycles. The summed E-state index contributed by atoms with van der Waals surface area (Å²) in [6, 6.07) is 7.67. The number of carbonyl (C=O) groups is 1. The van der Waals surface area contributed by atoms with Crippen LogP contribution in [0, 0.1) is 0 Å². The summed E-state index contributed by atoms with van der Waals surface area (Å²) in [5, 5.41) is 7.97. The highest BCUT2D eigenvalue weighted by Crippen LogP contribution is 2.31. The molecule has 2 heterocycles. The number of aryl methyl sites for hydroxylation is 1. The minimum Gasteiger partial charge on any atom is -0.482 e. The smallest absolute Gasteiger partial charge is 0.265 e. The number of aromatic nitrogens is 2. The third kappa shape index (κ3) is 6.36. The van der Waals surface area contributed by atoms with E-state index in [0.29, 0.717) is 19.0 Å². The van der Waals surface area contributed by atoms with Crippen LogP contribution in [0.5, 0.6) is 5.75 Å². The van der Waals surface area contributed by atoms with Crippen LogP contribution in [0.3, 0.4) is 0 Å². The van der Waals surface area contributed by atoms with Crippen molar-refractivity contribution >= 4 is 41.5 Å². The van der Waals surface area contributed by atoms with Crippen LogP contribution in [-0.2, 0) is 18.4 Å². The lowest BCUT2D eigenvalue weighted by Crippen LogP contribution is -2.40. The van der Waals surface area contributed by atoms with Crippen molar-refractivity contribution in [3.63, 3.8) is 0 Å². The van der Waals surface area contributed by atoms with Gasteiger partial charge in [0.1, 0.15) is 5.75 Å². The summed E-state index contributed by atoms with van der Waals surface area (Å²) in [6.07, 6.45) is 2.85. The molecule has 0 aliphatic carbocycles. The molecule has 1 N–H and O–H groups in total. The second-order valence-electron chi connectivity index (χ2n) is 8.11. The zero-order chi connectivity index (χ0) is 22.4. The second kappa shape index (κ2) is 12.1. The number of para-hydroxylation sites is 2.